The van der Waals surface area contributed by atoms with Gasteiger partial charge in [-0.25, -0.2) is 0 Å². The summed E-state index contributed by atoms with van der Waals surface area (Å²) < 4.78 is 0. The first-order valence-corrected chi connectivity index (χ1v) is 4.32. The molecule has 0 aromatic carbocycles. The van der Waals surface area contributed by atoms with Crippen molar-refractivity contribution < 1.29 is 4.79 Å². The molecule has 1 nitrogen and oxygen atoms in total. The molecule has 0 saturated heterocycles. The fraction of sp³-hybridized carbons (Fsp3) is 0.857. The lowest BCUT2D eigenvalue weighted by Gasteiger charge is -2.18. The molecule has 0 aromatic rings. The fourth-order valence-electron chi connectivity index (χ4n) is 1.97. The highest BCUT2D eigenvalue weighted by Crippen LogP contribution is 2.51. The average Bonchev–Trinajstić information content (AvgIpc) is 2.35. The highest BCUT2D eigenvalue weighted by Gasteiger charge is 2.55. The van der Waals surface area contributed by atoms with Gasteiger partial charge in [-0.2, -0.15) is 0 Å². The zero-order chi connectivity index (χ0) is 7.35. The molecule has 0 heterocycles. The van der Waals surface area contributed by atoms with Crippen molar-refractivity contribution in [3.8, 4) is 0 Å². The van der Waals surface area contributed by atoms with E-state index in [9.17, 15) is 4.79 Å². The molecule has 0 radical (unpaired) electrons. The molecule has 3 heteroatoms. The van der Waals surface area contributed by atoms with Crippen LogP contribution in [0.1, 0.15) is 19.3 Å². The van der Waals surface area contributed by atoms with Gasteiger partial charge in [0.25, 0.3) is 0 Å². The maximum absolute atomic E-state index is 11.2. The van der Waals surface area contributed by atoms with Crippen LogP contribution in [-0.4, -0.2) is 16.0 Å². The van der Waals surface area contributed by atoms with Crippen molar-refractivity contribution >= 4 is 29.0 Å². The Kier molecular flexibility index (Phi) is 1.31. The molecule has 2 saturated carbocycles. The van der Waals surface area contributed by atoms with E-state index in [1.807, 2.05) is 0 Å². The van der Waals surface area contributed by atoms with Gasteiger partial charge < -0.3 is 0 Å². The molecule has 2 fully saturated rings. The van der Waals surface area contributed by atoms with Crippen molar-refractivity contribution in [1.82, 2.24) is 0 Å². The van der Waals surface area contributed by atoms with E-state index in [0.717, 1.165) is 19.3 Å². The summed E-state index contributed by atoms with van der Waals surface area (Å²) in [6.07, 6.45) is 2.67. The smallest absolute Gasteiger partial charge is 0.171 e. The van der Waals surface area contributed by atoms with Crippen LogP contribution in [-0.2, 0) is 4.79 Å². The van der Waals surface area contributed by atoms with Gasteiger partial charge in [-0.05, 0) is 25.2 Å². The minimum Gasteiger partial charge on any atom is -0.296 e. The summed E-state index contributed by atoms with van der Waals surface area (Å²) in [6, 6.07) is 0. The van der Waals surface area contributed by atoms with Crippen molar-refractivity contribution in [2.24, 2.45) is 5.92 Å². The van der Waals surface area contributed by atoms with E-state index < -0.39 is 4.87 Å². The number of carbonyl (C=O) groups is 1. The van der Waals surface area contributed by atoms with E-state index in [2.05, 4.69) is 0 Å². The number of Topliss-reactive ketones (excluding diaryl/α,β-unsaturated/α-hetero) is 1. The van der Waals surface area contributed by atoms with Gasteiger partial charge in [0.15, 0.2) is 5.78 Å². The first-order chi connectivity index (χ1) is 4.63. The molecule has 0 aliphatic heterocycles. The predicted octanol–water partition coefficient (Wildman–Crippen LogP) is 1.95. The molecule has 2 aliphatic carbocycles. The quantitative estimate of drug-likeness (QED) is 0.519. The summed E-state index contributed by atoms with van der Waals surface area (Å²) in [5, 5.41) is -0.286. The molecule has 0 amide bonds. The molecule has 10 heavy (non-hydrogen) atoms. The Morgan fingerprint density at radius 3 is 2.60 bits per heavy atom. The molecule has 0 unspecified atom stereocenters. The maximum Gasteiger partial charge on any atom is 0.171 e. The van der Waals surface area contributed by atoms with Gasteiger partial charge >= 0.3 is 0 Å². The Bertz CT molecular complexity index is 192. The number of halogens is 2. The first kappa shape index (κ1) is 6.93. The average molecular weight is 179 g/mol. The van der Waals surface area contributed by atoms with Crippen LogP contribution in [0.4, 0.5) is 0 Å². The van der Waals surface area contributed by atoms with E-state index in [0.29, 0.717) is 5.92 Å². The van der Waals surface area contributed by atoms with Gasteiger partial charge in [-0.3, -0.25) is 4.79 Å². The SMILES string of the molecule is O=C1[C@H](Cl)[C@H]2CC[C@]1(Cl)C2. The van der Waals surface area contributed by atoms with E-state index in [4.69, 9.17) is 23.2 Å². The van der Waals surface area contributed by atoms with Crippen LogP contribution >= 0.6 is 23.2 Å². The maximum atomic E-state index is 11.2. The lowest BCUT2D eigenvalue weighted by atomic mass is 9.98. The number of ketones is 1. The second kappa shape index (κ2) is 1.89. The third-order valence-electron chi connectivity index (χ3n) is 2.60. The third-order valence-corrected chi connectivity index (χ3v) is 3.69. The minimum absolute atomic E-state index is 0.0621. The molecule has 2 aliphatic rings. The Morgan fingerprint density at radius 2 is 2.30 bits per heavy atom. The van der Waals surface area contributed by atoms with Crippen LogP contribution in [0.5, 0.6) is 0 Å². The number of fused-ring (bicyclic) bond motifs is 2. The Morgan fingerprint density at radius 1 is 1.60 bits per heavy atom. The topological polar surface area (TPSA) is 17.1 Å². The largest absolute Gasteiger partial charge is 0.296 e. The lowest BCUT2D eigenvalue weighted by molar-refractivity contribution is -0.120. The van der Waals surface area contributed by atoms with Gasteiger partial charge in [0.2, 0.25) is 0 Å². The molecule has 0 aromatic heterocycles. The fourth-order valence-corrected chi connectivity index (χ4v) is 2.87. The van der Waals surface area contributed by atoms with Crippen LogP contribution in [0, 0.1) is 5.92 Å². The normalized spacial score (nSPS) is 52.4. The standard InChI is InChI=1S/C7H8Cl2O/c8-5-4-1-2-7(9,3-4)6(5)10/h4-5H,1-3H2/t4-,5+,7-/m0/s1. The molecule has 56 valence electrons. The highest BCUT2D eigenvalue weighted by molar-refractivity contribution is 6.44. The van der Waals surface area contributed by atoms with Gasteiger partial charge in [0.05, 0.1) is 5.38 Å². The summed E-state index contributed by atoms with van der Waals surface area (Å²) in [6.45, 7) is 0. The molecule has 3 atom stereocenters. The minimum atomic E-state index is -0.558. The zero-order valence-corrected chi connectivity index (χ0v) is 6.95. The van der Waals surface area contributed by atoms with Gasteiger partial charge in [-0.1, -0.05) is 0 Å². The van der Waals surface area contributed by atoms with Gasteiger partial charge in [0.1, 0.15) is 4.87 Å². The molecule has 0 N–H and O–H groups in total. The van der Waals surface area contributed by atoms with Crippen LogP contribution in [0.25, 0.3) is 0 Å². The van der Waals surface area contributed by atoms with E-state index >= 15 is 0 Å². The molecule has 2 rings (SSSR count). The first-order valence-electron chi connectivity index (χ1n) is 3.51. The van der Waals surface area contributed by atoms with Crippen molar-refractivity contribution in [3.05, 3.63) is 0 Å². The number of carbonyl (C=O) groups excluding carboxylic acids is 1. The Labute approximate surface area is 69.7 Å². The van der Waals surface area contributed by atoms with Crippen LogP contribution in [0.3, 0.4) is 0 Å². The Balaban J connectivity index is 2.34. The number of hydrogen-bond acceptors (Lipinski definition) is 1. The van der Waals surface area contributed by atoms with Crippen molar-refractivity contribution in [2.45, 2.75) is 29.5 Å². The predicted molar refractivity (Wildman–Crippen MR) is 40.6 cm³/mol. The van der Waals surface area contributed by atoms with Crippen LogP contribution in [0.15, 0.2) is 0 Å². The lowest BCUT2D eigenvalue weighted by Crippen LogP contribution is -2.32. The van der Waals surface area contributed by atoms with Crippen molar-refractivity contribution in [3.63, 3.8) is 0 Å². The van der Waals surface area contributed by atoms with Crippen molar-refractivity contribution in [1.29, 1.82) is 0 Å². The second-order valence-electron chi connectivity index (χ2n) is 3.23. The number of rotatable bonds is 0. The second-order valence-corrected chi connectivity index (χ2v) is 4.43. The van der Waals surface area contributed by atoms with E-state index in [-0.39, 0.29) is 11.2 Å². The van der Waals surface area contributed by atoms with Gasteiger partial charge in [-0.15, -0.1) is 23.2 Å². The monoisotopic (exact) mass is 178 g/mol. The molecule has 2 bridgehead atoms. The summed E-state index contributed by atoms with van der Waals surface area (Å²) in [7, 11) is 0. The highest BCUT2D eigenvalue weighted by atomic mass is 35.5. The summed E-state index contributed by atoms with van der Waals surface area (Å²) in [5.41, 5.74) is 0. The van der Waals surface area contributed by atoms with Crippen LogP contribution in [0.2, 0.25) is 0 Å². The van der Waals surface area contributed by atoms with E-state index in [1.165, 1.54) is 0 Å². The molecular weight excluding hydrogens is 171 g/mol. The zero-order valence-electron chi connectivity index (χ0n) is 5.44. The van der Waals surface area contributed by atoms with Crippen LogP contribution < -0.4 is 0 Å². The molecular formula is C7H8Cl2O. The van der Waals surface area contributed by atoms with E-state index in [1.54, 1.807) is 0 Å². The summed E-state index contributed by atoms with van der Waals surface area (Å²) >= 11 is 11.8. The van der Waals surface area contributed by atoms with Crippen molar-refractivity contribution in [2.75, 3.05) is 0 Å². The third kappa shape index (κ3) is 0.680. The Hall–Kier alpha value is 0.250. The summed E-state index contributed by atoms with van der Waals surface area (Å²) in [4.78, 5) is 10.7. The number of alkyl halides is 2. The summed E-state index contributed by atoms with van der Waals surface area (Å²) in [5.74, 6) is 0.429. The molecule has 0 spiro atoms. The number of hydrogen-bond donors (Lipinski definition) is 0. The van der Waals surface area contributed by atoms with Gasteiger partial charge in [0, 0.05) is 0 Å².